The minimum atomic E-state index is -3.58. The van der Waals surface area contributed by atoms with Crippen molar-refractivity contribution < 1.29 is 22.6 Å². The third-order valence-electron chi connectivity index (χ3n) is 3.51. The second-order valence-corrected chi connectivity index (χ2v) is 6.98. The smallest absolute Gasteiger partial charge is 0.243 e. The zero-order valence-electron chi connectivity index (χ0n) is 12.7. The van der Waals surface area contributed by atoms with Gasteiger partial charge >= 0.3 is 0 Å². The normalized spacial score (nSPS) is 23.8. The molecule has 1 aliphatic rings. The van der Waals surface area contributed by atoms with Crippen LogP contribution in [0.1, 0.15) is 13.8 Å². The maximum absolute atomic E-state index is 12.8. The molecular formula is C14H21NO5S. The first-order chi connectivity index (χ1) is 9.90. The molecule has 0 N–H and O–H groups in total. The minimum Gasteiger partial charge on any atom is -0.493 e. The van der Waals surface area contributed by atoms with E-state index >= 15 is 0 Å². The maximum Gasteiger partial charge on any atom is 0.243 e. The molecule has 1 aromatic carbocycles. The van der Waals surface area contributed by atoms with Gasteiger partial charge in [0.15, 0.2) is 11.5 Å². The largest absolute Gasteiger partial charge is 0.493 e. The Morgan fingerprint density at radius 2 is 1.86 bits per heavy atom. The number of methoxy groups -OCH3 is 2. The van der Waals surface area contributed by atoms with E-state index in [-0.39, 0.29) is 17.0 Å². The Kier molecular flexibility index (Phi) is 4.75. The summed E-state index contributed by atoms with van der Waals surface area (Å²) in [6, 6.07) is 4.42. The van der Waals surface area contributed by atoms with Gasteiger partial charge in [-0.3, -0.25) is 0 Å². The zero-order valence-corrected chi connectivity index (χ0v) is 13.5. The predicted molar refractivity (Wildman–Crippen MR) is 78.3 cm³/mol. The van der Waals surface area contributed by atoms with E-state index in [0.29, 0.717) is 24.7 Å². The Bertz CT molecular complexity index is 601. The number of rotatable bonds is 4. The summed E-state index contributed by atoms with van der Waals surface area (Å²) in [6.07, 6.45) is -0.115. The molecule has 0 saturated carbocycles. The molecule has 1 heterocycles. The lowest BCUT2D eigenvalue weighted by atomic mass is 10.2. The van der Waals surface area contributed by atoms with Gasteiger partial charge in [0.1, 0.15) is 0 Å². The van der Waals surface area contributed by atoms with Gasteiger partial charge in [-0.15, -0.1) is 0 Å². The summed E-state index contributed by atoms with van der Waals surface area (Å²) in [5.74, 6) is 0.896. The second-order valence-electron chi connectivity index (χ2n) is 5.08. The molecule has 118 valence electrons. The summed E-state index contributed by atoms with van der Waals surface area (Å²) in [7, 11) is -0.592. The molecule has 0 amide bonds. The SMILES string of the molecule is COc1ccc(S(=O)(=O)N2C[C@H](C)OC[C@@H]2C)cc1OC. The third kappa shape index (κ3) is 3.14. The molecule has 7 heteroatoms. The summed E-state index contributed by atoms with van der Waals surface area (Å²) >= 11 is 0. The van der Waals surface area contributed by atoms with E-state index in [4.69, 9.17) is 14.2 Å². The van der Waals surface area contributed by atoms with Gasteiger partial charge in [0.2, 0.25) is 10.0 Å². The van der Waals surface area contributed by atoms with Crippen molar-refractivity contribution in [1.29, 1.82) is 0 Å². The van der Waals surface area contributed by atoms with Gasteiger partial charge in [-0.2, -0.15) is 4.31 Å². The van der Waals surface area contributed by atoms with Gasteiger partial charge in [-0.05, 0) is 26.0 Å². The molecule has 1 saturated heterocycles. The van der Waals surface area contributed by atoms with Gasteiger partial charge < -0.3 is 14.2 Å². The van der Waals surface area contributed by atoms with E-state index in [1.807, 2.05) is 13.8 Å². The van der Waals surface area contributed by atoms with Crippen LogP contribution >= 0.6 is 0 Å². The molecule has 1 aromatic rings. The molecule has 0 spiro atoms. The van der Waals surface area contributed by atoms with Gasteiger partial charge in [0, 0.05) is 18.7 Å². The first-order valence-electron chi connectivity index (χ1n) is 6.75. The lowest BCUT2D eigenvalue weighted by Crippen LogP contribution is -2.50. The lowest BCUT2D eigenvalue weighted by Gasteiger charge is -2.35. The highest BCUT2D eigenvalue weighted by Gasteiger charge is 2.34. The van der Waals surface area contributed by atoms with Crippen molar-refractivity contribution in [3.63, 3.8) is 0 Å². The van der Waals surface area contributed by atoms with E-state index < -0.39 is 10.0 Å². The second kappa shape index (κ2) is 6.21. The first kappa shape index (κ1) is 16.1. The van der Waals surface area contributed by atoms with Crippen LogP contribution < -0.4 is 9.47 Å². The molecule has 2 rings (SSSR count). The van der Waals surface area contributed by atoms with Crippen LogP contribution in [0.15, 0.2) is 23.1 Å². The van der Waals surface area contributed by atoms with Gasteiger partial charge in [0.05, 0.1) is 31.8 Å². The average molecular weight is 315 g/mol. The molecule has 0 radical (unpaired) electrons. The number of nitrogens with zero attached hydrogens (tertiary/aromatic N) is 1. The van der Waals surface area contributed by atoms with Crippen LogP contribution in [-0.2, 0) is 14.8 Å². The Morgan fingerprint density at radius 1 is 1.19 bits per heavy atom. The van der Waals surface area contributed by atoms with E-state index in [9.17, 15) is 8.42 Å². The van der Waals surface area contributed by atoms with E-state index in [1.165, 1.54) is 30.7 Å². The van der Waals surface area contributed by atoms with Crippen molar-refractivity contribution in [3.8, 4) is 11.5 Å². The van der Waals surface area contributed by atoms with Crippen LogP contribution in [0.3, 0.4) is 0 Å². The van der Waals surface area contributed by atoms with Crippen LogP contribution in [0.5, 0.6) is 11.5 Å². The average Bonchev–Trinajstić information content (AvgIpc) is 2.48. The topological polar surface area (TPSA) is 65.1 Å². The highest BCUT2D eigenvalue weighted by molar-refractivity contribution is 7.89. The van der Waals surface area contributed by atoms with Gasteiger partial charge in [0.25, 0.3) is 0 Å². The van der Waals surface area contributed by atoms with Crippen molar-refractivity contribution in [3.05, 3.63) is 18.2 Å². The van der Waals surface area contributed by atoms with Crippen LogP contribution in [0.4, 0.5) is 0 Å². The minimum absolute atomic E-state index is 0.115. The highest BCUT2D eigenvalue weighted by atomic mass is 32.2. The predicted octanol–water partition coefficient (Wildman–Crippen LogP) is 1.50. The number of sulfonamides is 1. The summed E-state index contributed by atoms with van der Waals surface area (Å²) in [4.78, 5) is 0.195. The number of morpholine rings is 1. The van der Waals surface area contributed by atoms with Crippen molar-refractivity contribution >= 4 is 10.0 Å². The molecule has 1 aliphatic heterocycles. The number of benzene rings is 1. The lowest BCUT2D eigenvalue weighted by molar-refractivity contribution is -0.0170. The quantitative estimate of drug-likeness (QED) is 0.842. The van der Waals surface area contributed by atoms with E-state index in [1.54, 1.807) is 6.07 Å². The van der Waals surface area contributed by atoms with Crippen LogP contribution in [-0.4, -0.2) is 52.2 Å². The Balaban J connectivity index is 2.39. The molecule has 2 atom stereocenters. The summed E-state index contributed by atoms with van der Waals surface area (Å²) in [5, 5.41) is 0. The van der Waals surface area contributed by atoms with Crippen molar-refractivity contribution in [2.24, 2.45) is 0 Å². The Morgan fingerprint density at radius 3 is 2.48 bits per heavy atom. The van der Waals surface area contributed by atoms with Gasteiger partial charge in [-0.1, -0.05) is 0 Å². The number of ether oxygens (including phenoxy) is 3. The molecule has 21 heavy (non-hydrogen) atoms. The first-order valence-corrected chi connectivity index (χ1v) is 8.19. The van der Waals surface area contributed by atoms with Crippen LogP contribution in [0.2, 0.25) is 0 Å². The molecule has 0 aromatic heterocycles. The highest BCUT2D eigenvalue weighted by Crippen LogP contribution is 2.31. The van der Waals surface area contributed by atoms with Crippen molar-refractivity contribution in [1.82, 2.24) is 4.31 Å². The van der Waals surface area contributed by atoms with Crippen LogP contribution in [0.25, 0.3) is 0 Å². The molecule has 0 aliphatic carbocycles. The summed E-state index contributed by atoms with van der Waals surface area (Å²) in [5.41, 5.74) is 0. The monoisotopic (exact) mass is 315 g/mol. The van der Waals surface area contributed by atoms with Gasteiger partial charge in [-0.25, -0.2) is 8.42 Å². The fraction of sp³-hybridized carbons (Fsp3) is 0.571. The molecular weight excluding hydrogens is 294 g/mol. The van der Waals surface area contributed by atoms with E-state index in [2.05, 4.69) is 0 Å². The van der Waals surface area contributed by atoms with Crippen LogP contribution in [0, 0.1) is 0 Å². The molecule has 0 bridgehead atoms. The number of hydrogen-bond acceptors (Lipinski definition) is 5. The zero-order chi connectivity index (χ0) is 15.6. The molecule has 1 fully saturated rings. The fourth-order valence-corrected chi connectivity index (χ4v) is 4.03. The Labute approximate surface area is 125 Å². The van der Waals surface area contributed by atoms with E-state index in [0.717, 1.165) is 0 Å². The standard InChI is InChI=1S/C14H21NO5S/c1-10-9-20-11(2)8-15(10)21(16,17)12-5-6-13(18-3)14(7-12)19-4/h5-7,10-11H,8-9H2,1-4H3/t10-,11-/m0/s1. The third-order valence-corrected chi connectivity index (χ3v) is 5.49. The van der Waals surface area contributed by atoms with Crippen molar-refractivity contribution in [2.45, 2.75) is 30.9 Å². The molecule has 0 unspecified atom stereocenters. The summed E-state index contributed by atoms with van der Waals surface area (Å²) in [6.45, 7) is 4.44. The maximum atomic E-state index is 12.8. The summed E-state index contributed by atoms with van der Waals surface area (Å²) < 4.78 is 42.8. The molecule has 6 nitrogen and oxygen atoms in total. The Hall–Kier alpha value is -1.31. The van der Waals surface area contributed by atoms with Crippen molar-refractivity contribution in [2.75, 3.05) is 27.4 Å². The number of hydrogen-bond donors (Lipinski definition) is 0. The fourth-order valence-electron chi connectivity index (χ4n) is 2.32.